The van der Waals surface area contributed by atoms with Gasteiger partial charge in [-0.15, -0.1) is 0 Å². The van der Waals surface area contributed by atoms with Crippen LogP contribution in [0.2, 0.25) is 0 Å². The van der Waals surface area contributed by atoms with Crippen molar-refractivity contribution in [2.24, 2.45) is 0 Å². The number of fused-ring (bicyclic) bond motifs is 1. The Hall–Kier alpha value is -3.73. The maximum atomic E-state index is 12.5. The third-order valence-corrected chi connectivity index (χ3v) is 5.43. The highest BCUT2D eigenvalue weighted by atomic mass is 16.5. The van der Waals surface area contributed by atoms with E-state index in [1.807, 2.05) is 62.8 Å². The number of para-hydroxylation sites is 2. The summed E-state index contributed by atoms with van der Waals surface area (Å²) in [6.45, 7) is 0.477. The molecule has 0 aliphatic rings. The number of nitrogens with zero attached hydrogens (tertiary/aromatic N) is 1. The van der Waals surface area contributed by atoms with E-state index >= 15 is 0 Å². The van der Waals surface area contributed by atoms with Gasteiger partial charge in [0.15, 0.2) is 6.61 Å². The fourth-order valence-corrected chi connectivity index (χ4v) is 3.73. The van der Waals surface area contributed by atoms with Crippen LogP contribution in [-0.2, 0) is 4.79 Å². The summed E-state index contributed by atoms with van der Waals surface area (Å²) in [5, 5.41) is 4.22. The molecule has 1 atom stereocenters. The zero-order valence-electron chi connectivity index (χ0n) is 17.8. The Morgan fingerprint density at radius 3 is 2.42 bits per heavy atom. The normalized spacial score (nSPS) is 11.8. The molecule has 5 nitrogen and oxygen atoms in total. The minimum Gasteiger partial charge on any atom is -0.484 e. The first-order chi connectivity index (χ1) is 15.1. The summed E-state index contributed by atoms with van der Waals surface area (Å²) in [5.41, 5.74) is 4.55. The van der Waals surface area contributed by atoms with Gasteiger partial charge in [0.25, 0.3) is 5.91 Å². The molecule has 31 heavy (non-hydrogen) atoms. The van der Waals surface area contributed by atoms with Gasteiger partial charge >= 0.3 is 0 Å². The SMILES string of the molecule is CN(C)c1ccc([C@@H](CNC(=O)COc2ccccc2)c2c[nH]c3ccccc23)cc1. The number of nitrogens with one attached hydrogen (secondary N) is 2. The Morgan fingerprint density at radius 2 is 1.68 bits per heavy atom. The molecule has 0 saturated carbocycles. The topological polar surface area (TPSA) is 57.4 Å². The van der Waals surface area contributed by atoms with Gasteiger partial charge < -0.3 is 19.9 Å². The Kier molecular flexibility index (Phi) is 6.22. The van der Waals surface area contributed by atoms with E-state index in [2.05, 4.69) is 51.6 Å². The number of carbonyl (C=O) groups excluding carboxylic acids is 1. The Morgan fingerprint density at radius 1 is 0.968 bits per heavy atom. The summed E-state index contributed by atoms with van der Waals surface area (Å²) in [4.78, 5) is 17.9. The zero-order chi connectivity index (χ0) is 21.6. The number of hydrogen-bond acceptors (Lipinski definition) is 3. The molecule has 0 saturated heterocycles. The molecule has 1 aromatic heterocycles. The van der Waals surface area contributed by atoms with E-state index in [9.17, 15) is 4.79 Å². The summed E-state index contributed by atoms with van der Waals surface area (Å²) in [5.74, 6) is 0.566. The largest absolute Gasteiger partial charge is 0.484 e. The number of aromatic nitrogens is 1. The molecule has 5 heteroatoms. The van der Waals surface area contributed by atoms with Crippen LogP contribution in [0.25, 0.3) is 10.9 Å². The average Bonchev–Trinajstić information content (AvgIpc) is 3.23. The van der Waals surface area contributed by atoms with E-state index in [0.717, 1.165) is 22.3 Å². The predicted molar refractivity (Wildman–Crippen MR) is 126 cm³/mol. The van der Waals surface area contributed by atoms with Crippen molar-refractivity contribution in [1.29, 1.82) is 0 Å². The van der Waals surface area contributed by atoms with Gasteiger partial charge in [-0.3, -0.25) is 4.79 Å². The Balaban J connectivity index is 1.53. The van der Waals surface area contributed by atoms with Gasteiger partial charge in [0.2, 0.25) is 0 Å². The van der Waals surface area contributed by atoms with Crippen LogP contribution in [0.3, 0.4) is 0 Å². The Labute approximate surface area is 182 Å². The molecule has 0 bridgehead atoms. The van der Waals surface area contributed by atoms with Gasteiger partial charge in [-0.1, -0.05) is 48.5 Å². The lowest BCUT2D eigenvalue weighted by molar-refractivity contribution is -0.123. The number of benzene rings is 3. The maximum Gasteiger partial charge on any atom is 0.257 e. The van der Waals surface area contributed by atoms with Crippen LogP contribution < -0.4 is 15.0 Å². The number of hydrogen-bond donors (Lipinski definition) is 2. The second-order valence-electron chi connectivity index (χ2n) is 7.73. The van der Waals surface area contributed by atoms with Gasteiger partial charge in [0, 0.05) is 49.3 Å². The first-order valence-corrected chi connectivity index (χ1v) is 10.4. The molecule has 4 rings (SSSR count). The molecule has 2 N–H and O–H groups in total. The molecular formula is C26H27N3O2. The van der Waals surface area contributed by atoms with Crippen molar-refractivity contribution in [2.45, 2.75) is 5.92 Å². The highest BCUT2D eigenvalue weighted by molar-refractivity contribution is 5.84. The van der Waals surface area contributed by atoms with Crippen LogP contribution in [0.5, 0.6) is 5.75 Å². The molecule has 0 aliphatic heterocycles. The van der Waals surface area contributed by atoms with Crippen LogP contribution in [0.4, 0.5) is 5.69 Å². The van der Waals surface area contributed by atoms with Crippen LogP contribution in [0.1, 0.15) is 17.0 Å². The molecule has 1 amide bonds. The molecule has 0 aliphatic carbocycles. The van der Waals surface area contributed by atoms with E-state index < -0.39 is 0 Å². The first kappa shape index (κ1) is 20.5. The first-order valence-electron chi connectivity index (χ1n) is 10.4. The second kappa shape index (κ2) is 9.39. The Bertz CT molecular complexity index is 1130. The molecule has 3 aromatic carbocycles. The van der Waals surface area contributed by atoms with E-state index in [4.69, 9.17) is 4.74 Å². The number of H-pyrrole nitrogens is 1. The number of rotatable bonds is 8. The monoisotopic (exact) mass is 413 g/mol. The third-order valence-electron chi connectivity index (χ3n) is 5.43. The van der Waals surface area contributed by atoms with Gasteiger partial charge in [-0.2, -0.15) is 0 Å². The van der Waals surface area contributed by atoms with Crippen molar-refractivity contribution in [3.8, 4) is 5.75 Å². The lowest BCUT2D eigenvalue weighted by atomic mass is 9.90. The number of carbonyl (C=O) groups is 1. The van der Waals surface area contributed by atoms with Gasteiger partial charge in [-0.25, -0.2) is 0 Å². The molecule has 0 spiro atoms. The molecule has 0 radical (unpaired) electrons. The molecule has 0 unspecified atom stereocenters. The molecule has 1 heterocycles. The van der Waals surface area contributed by atoms with Crippen LogP contribution in [0, 0.1) is 0 Å². The van der Waals surface area contributed by atoms with Crippen molar-refractivity contribution in [2.75, 3.05) is 32.1 Å². The maximum absolute atomic E-state index is 12.5. The van der Waals surface area contributed by atoms with Crippen molar-refractivity contribution in [3.63, 3.8) is 0 Å². The molecular weight excluding hydrogens is 386 g/mol. The van der Waals surface area contributed by atoms with E-state index in [0.29, 0.717) is 12.3 Å². The average molecular weight is 414 g/mol. The lowest BCUT2D eigenvalue weighted by Gasteiger charge is -2.20. The number of amides is 1. The second-order valence-corrected chi connectivity index (χ2v) is 7.73. The van der Waals surface area contributed by atoms with Crippen molar-refractivity contribution >= 4 is 22.5 Å². The zero-order valence-corrected chi connectivity index (χ0v) is 17.8. The van der Waals surface area contributed by atoms with Gasteiger partial charge in [-0.05, 0) is 41.5 Å². The highest BCUT2D eigenvalue weighted by Gasteiger charge is 2.19. The van der Waals surface area contributed by atoms with Crippen molar-refractivity contribution in [3.05, 3.63) is 96.2 Å². The fourth-order valence-electron chi connectivity index (χ4n) is 3.73. The van der Waals surface area contributed by atoms with E-state index in [1.165, 1.54) is 5.39 Å². The number of aromatic amines is 1. The highest BCUT2D eigenvalue weighted by Crippen LogP contribution is 2.31. The summed E-state index contributed by atoms with van der Waals surface area (Å²) in [6.07, 6.45) is 2.04. The van der Waals surface area contributed by atoms with E-state index in [1.54, 1.807) is 0 Å². The summed E-state index contributed by atoms with van der Waals surface area (Å²) >= 11 is 0. The fraction of sp³-hybridized carbons (Fsp3) is 0.192. The van der Waals surface area contributed by atoms with Crippen LogP contribution >= 0.6 is 0 Å². The van der Waals surface area contributed by atoms with Gasteiger partial charge in [0.05, 0.1) is 0 Å². The quantitative estimate of drug-likeness (QED) is 0.445. The number of ether oxygens (including phenoxy) is 1. The van der Waals surface area contributed by atoms with Gasteiger partial charge in [0.1, 0.15) is 5.75 Å². The molecule has 158 valence electrons. The van der Waals surface area contributed by atoms with Crippen LogP contribution in [0.15, 0.2) is 85.1 Å². The summed E-state index contributed by atoms with van der Waals surface area (Å²) in [7, 11) is 4.05. The minimum atomic E-state index is -0.140. The lowest BCUT2D eigenvalue weighted by Crippen LogP contribution is -2.32. The van der Waals surface area contributed by atoms with Crippen molar-refractivity contribution in [1.82, 2.24) is 10.3 Å². The minimum absolute atomic E-state index is 0.00974. The predicted octanol–water partition coefficient (Wildman–Crippen LogP) is 4.56. The van der Waals surface area contributed by atoms with Crippen molar-refractivity contribution < 1.29 is 9.53 Å². The molecule has 0 fully saturated rings. The van der Waals surface area contributed by atoms with E-state index in [-0.39, 0.29) is 18.4 Å². The number of anilines is 1. The third kappa shape index (κ3) is 4.89. The van der Waals surface area contributed by atoms with Crippen LogP contribution in [-0.4, -0.2) is 38.1 Å². The standard InChI is InChI=1S/C26H27N3O2/c1-29(2)20-14-12-19(13-15-20)23(24-17-27-25-11-7-6-10-22(24)25)16-28-26(30)18-31-21-8-4-3-5-9-21/h3-15,17,23,27H,16,18H2,1-2H3,(H,28,30)/t23-/m1/s1. The summed E-state index contributed by atoms with van der Waals surface area (Å²) in [6, 6.07) is 26.1. The smallest absolute Gasteiger partial charge is 0.257 e. The summed E-state index contributed by atoms with van der Waals surface area (Å²) < 4.78 is 5.59. The molecule has 4 aromatic rings.